The topological polar surface area (TPSA) is 89.4 Å². The number of nitrogens with one attached hydrogen (secondary N) is 1. The molecule has 0 radical (unpaired) electrons. The summed E-state index contributed by atoms with van der Waals surface area (Å²) in [4.78, 5) is 14.5. The summed E-state index contributed by atoms with van der Waals surface area (Å²) in [5.41, 5.74) is 5.42. The fourth-order valence-electron chi connectivity index (χ4n) is 4.10. The zero-order valence-corrected chi connectivity index (χ0v) is 19.7. The van der Waals surface area contributed by atoms with Crippen LogP contribution in [0.3, 0.4) is 0 Å². The number of nitrogens with zero attached hydrogens (tertiary/aromatic N) is 2. The van der Waals surface area contributed by atoms with E-state index in [1.165, 1.54) is 13.2 Å². The Hall–Kier alpha value is -4.62. The van der Waals surface area contributed by atoms with Crippen LogP contribution in [0.4, 0.5) is 0 Å². The van der Waals surface area contributed by atoms with E-state index in [9.17, 15) is 9.90 Å². The normalized spacial score (nSPS) is 11.3. The Bertz CT molecular complexity index is 1550. The number of aromatic amines is 1. The summed E-state index contributed by atoms with van der Waals surface area (Å²) in [6.07, 6.45) is 6.91. The minimum absolute atomic E-state index is 0.117. The molecule has 2 heterocycles. The van der Waals surface area contributed by atoms with E-state index in [1.54, 1.807) is 6.08 Å². The highest BCUT2D eigenvalue weighted by Gasteiger charge is 2.11. The number of rotatable bonds is 8. The molecule has 2 N–H and O–H groups in total. The number of hydrogen-bond donors (Lipinski definition) is 2. The van der Waals surface area contributed by atoms with Gasteiger partial charge in [-0.05, 0) is 59.7 Å². The van der Waals surface area contributed by atoms with Crippen LogP contribution in [0.2, 0.25) is 0 Å². The number of aromatic nitrogens is 3. The number of carbonyl (C=O) groups is 1. The maximum atomic E-state index is 11.4. The highest BCUT2D eigenvalue weighted by atomic mass is 16.5. The minimum atomic E-state index is -0.388. The van der Waals surface area contributed by atoms with E-state index in [0.717, 1.165) is 38.9 Å². The van der Waals surface area contributed by atoms with Crippen molar-refractivity contribution in [1.29, 1.82) is 0 Å². The first kappa shape index (κ1) is 23.1. The fraction of sp³-hybridized carbons (Fsp3) is 0.103. The highest BCUT2D eigenvalue weighted by molar-refractivity contribution is 5.87. The summed E-state index contributed by atoms with van der Waals surface area (Å²) in [6.45, 7) is 0.473. The third-order valence-corrected chi connectivity index (χ3v) is 5.87. The van der Waals surface area contributed by atoms with Gasteiger partial charge in [-0.2, -0.15) is 5.10 Å². The molecule has 5 aromatic rings. The Morgan fingerprint density at radius 2 is 1.97 bits per heavy atom. The molecule has 0 atom stereocenters. The molecular weight excluding hydrogens is 454 g/mol. The van der Waals surface area contributed by atoms with Gasteiger partial charge in [-0.25, -0.2) is 4.79 Å². The Kier molecular flexibility index (Phi) is 6.64. The highest BCUT2D eigenvalue weighted by Crippen LogP contribution is 2.32. The third-order valence-electron chi connectivity index (χ3n) is 5.87. The zero-order chi connectivity index (χ0) is 24.9. The van der Waals surface area contributed by atoms with Crippen molar-refractivity contribution in [2.45, 2.75) is 13.2 Å². The van der Waals surface area contributed by atoms with Gasteiger partial charge in [0, 0.05) is 40.5 Å². The smallest absolute Gasteiger partial charge is 0.330 e. The maximum absolute atomic E-state index is 11.4. The zero-order valence-electron chi connectivity index (χ0n) is 19.7. The predicted molar refractivity (Wildman–Crippen MR) is 139 cm³/mol. The average Bonchev–Trinajstić information content (AvgIpc) is 3.57. The average molecular weight is 480 g/mol. The van der Waals surface area contributed by atoms with E-state index in [-0.39, 0.29) is 12.6 Å². The number of aliphatic hydroxyl groups excluding tert-OH is 1. The van der Waals surface area contributed by atoms with Crippen molar-refractivity contribution in [3.05, 3.63) is 108 Å². The molecule has 3 aromatic carbocycles. The number of benzene rings is 3. The number of aliphatic hydroxyl groups is 1. The van der Waals surface area contributed by atoms with Crippen LogP contribution in [0.5, 0.6) is 11.5 Å². The SMILES string of the molecule is COC(=O)C=Cc1cccc(Cn2ccc(-c3cccc(Oc4ccc5[nH]ccc5c4CO)c3)n2)c1. The molecule has 2 aromatic heterocycles. The molecule has 0 saturated heterocycles. The molecule has 180 valence electrons. The van der Waals surface area contributed by atoms with Crippen LogP contribution in [-0.4, -0.2) is 33.0 Å². The lowest BCUT2D eigenvalue weighted by Gasteiger charge is -2.11. The first-order chi connectivity index (χ1) is 17.6. The lowest BCUT2D eigenvalue weighted by Crippen LogP contribution is -2.00. The van der Waals surface area contributed by atoms with Gasteiger partial charge in [0.15, 0.2) is 0 Å². The molecule has 0 spiro atoms. The van der Waals surface area contributed by atoms with Crippen LogP contribution in [0, 0.1) is 0 Å². The summed E-state index contributed by atoms with van der Waals surface area (Å²) >= 11 is 0. The Morgan fingerprint density at radius 3 is 2.83 bits per heavy atom. The van der Waals surface area contributed by atoms with E-state index in [0.29, 0.717) is 18.0 Å². The van der Waals surface area contributed by atoms with E-state index in [2.05, 4.69) is 9.72 Å². The van der Waals surface area contributed by atoms with Crippen molar-refractivity contribution >= 4 is 22.9 Å². The summed E-state index contributed by atoms with van der Waals surface area (Å²) in [6, 6.07) is 23.3. The van der Waals surface area contributed by atoms with Gasteiger partial charge < -0.3 is 19.6 Å². The van der Waals surface area contributed by atoms with E-state index in [4.69, 9.17) is 9.84 Å². The second-order valence-corrected chi connectivity index (χ2v) is 8.27. The molecule has 0 unspecified atom stereocenters. The van der Waals surface area contributed by atoms with E-state index in [1.807, 2.05) is 89.9 Å². The Balaban J connectivity index is 1.33. The molecule has 0 amide bonds. The van der Waals surface area contributed by atoms with Gasteiger partial charge in [0.1, 0.15) is 11.5 Å². The summed E-state index contributed by atoms with van der Waals surface area (Å²) in [7, 11) is 1.36. The minimum Gasteiger partial charge on any atom is -0.466 e. The third kappa shape index (κ3) is 5.06. The largest absolute Gasteiger partial charge is 0.466 e. The molecule has 0 aliphatic rings. The number of H-pyrrole nitrogens is 1. The molecule has 0 fully saturated rings. The second kappa shape index (κ2) is 10.3. The lowest BCUT2D eigenvalue weighted by atomic mass is 10.1. The van der Waals surface area contributed by atoms with E-state index >= 15 is 0 Å². The van der Waals surface area contributed by atoms with Crippen molar-refractivity contribution < 1.29 is 19.4 Å². The monoisotopic (exact) mass is 479 g/mol. The van der Waals surface area contributed by atoms with Gasteiger partial charge >= 0.3 is 5.97 Å². The van der Waals surface area contributed by atoms with Crippen molar-refractivity contribution in [2.24, 2.45) is 0 Å². The van der Waals surface area contributed by atoms with Crippen LogP contribution in [0.25, 0.3) is 28.2 Å². The number of fused-ring (bicyclic) bond motifs is 1. The Labute approximate surface area is 208 Å². The van der Waals surface area contributed by atoms with Gasteiger partial charge in [-0.15, -0.1) is 0 Å². The molecule has 0 aliphatic heterocycles. The summed E-state index contributed by atoms with van der Waals surface area (Å²) in [5, 5.41) is 15.6. The quantitative estimate of drug-likeness (QED) is 0.225. The molecule has 7 heteroatoms. The van der Waals surface area contributed by atoms with Gasteiger partial charge in [0.2, 0.25) is 0 Å². The molecule has 0 bridgehead atoms. The summed E-state index contributed by atoms with van der Waals surface area (Å²) < 4.78 is 12.7. The fourth-order valence-corrected chi connectivity index (χ4v) is 4.10. The van der Waals surface area contributed by atoms with Crippen LogP contribution in [0.15, 0.2) is 91.3 Å². The maximum Gasteiger partial charge on any atom is 0.330 e. The number of methoxy groups -OCH3 is 1. The van der Waals surface area contributed by atoms with Gasteiger partial charge in [0.25, 0.3) is 0 Å². The van der Waals surface area contributed by atoms with Gasteiger partial charge in [-0.1, -0.05) is 30.3 Å². The first-order valence-electron chi connectivity index (χ1n) is 11.5. The van der Waals surface area contributed by atoms with Crippen molar-refractivity contribution in [3.8, 4) is 22.8 Å². The van der Waals surface area contributed by atoms with Crippen molar-refractivity contribution in [2.75, 3.05) is 7.11 Å². The number of hydrogen-bond acceptors (Lipinski definition) is 5. The van der Waals surface area contributed by atoms with Gasteiger partial charge in [-0.3, -0.25) is 4.68 Å². The first-order valence-corrected chi connectivity index (χ1v) is 11.5. The molecule has 7 nitrogen and oxygen atoms in total. The van der Waals surface area contributed by atoms with Crippen molar-refractivity contribution in [1.82, 2.24) is 14.8 Å². The number of carbonyl (C=O) groups excluding carboxylic acids is 1. The molecule has 36 heavy (non-hydrogen) atoms. The van der Waals surface area contributed by atoms with E-state index < -0.39 is 0 Å². The molecular formula is C29H25N3O4. The van der Waals surface area contributed by atoms with Crippen LogP contribution >= 0.6 is 0 Å². The van der Waals surface area contributed by atoms with Crippen LogP contribution < -0.4 is 4.74 Å². The van der Waals surface area contributed by atoms with Gasteiger partial charge in [0.05, 0.1) is 26.0 Å². The lowest BCUT2D eigenvalue weighted by molar-refractivity contribution is -0.134. The Morgan fingerprint density at radius 1 is 1.08 bits per heavy atom. The van der Waals surface area contributed by atoms with Crippen LogP contribution in [0.1, 0.15) is 16.7 Å². The number of ether oxygens (including phenoxy) is 2. The summed E-state index contributed by atoms with van der Waals surface area (Å²) in [5.74, 6) is 0.895. The molecule has 5 rings (SSSR count). The number of esters is 1. The molecule has 0 saturated carbocycles. The predicted octanol–water partition coefficient (Wildman–Crippen LogP) is 5.55. The van der Waals surface area contributed by atoms with Crippen molar-refractivity contribution in [3.63, 3.8) is 0 Å². The standard InChI is InChI=1S/C29H25N3O4/c1-35-29(34)11-8-20-4-2-5-21(16-20)18-32-15-13-26(31-32)22-6-3-7-23(17-22)36-28-10-9-27-24(12-14-30-27)25(28)19-33/h2-17,30,33H,18-19H2,1H3. The van der Waals surface area contributed by atoms with Crippen LogP contribution in [-0.2, 0) is 22.7 Å². The second-order valence-electron chi connectivity index (χ2n) is 8.27. The molecule has 0 aliphatic carbocycles.